The lowest BCUT2D eigenvalue weighted by Gasteiger charge is -2.34. The number of aliphatic hydroxyl groups is 1. The summed E-state index contributed by atoms with van der Waals surface area (Å²) in [5.41, 5.74) is 0.120. The van der Waals surface area contributed by atoms with Gasteiger partial charge in [-0.25, -0.2) is 0 Å². The van der Waals surface area contributed by atoms with Crippen LogP contribution in [0.1, 0.15) is 67.2 Å². The van der Waals surface area contributed by atoms with E-state index in [1.54, 1.807) is 0 Å². The second-order valence-corrected chi connectivity index (χ2v) is 6.20. The van der Waals surface area contributed by atoms with Gasteiger partial charge in [0.15, 0.2) is 0 Å². The van der Waals surface area contributed by atoms with Gasteiger partial charge in [0, 0.05) is 0 Å². The van der Waals surface area contributed by atoms with Crippen molar-refractivity contribution in [3.63, 3.8) is 0 Å². The fourth-order valence-corrected chi connectivity index (χ4v) is 1.78. The molecule has 1 unspecified atom stereocenters. The molecule has 0 aliphatic carbocycles. The third-order valence-electron chi connectivity index (χ3n) is 3.59. The van der Waals surface area contributed by atoms with Gasteiger partial charge in [0.2, 0.25) is 0 Å². The summed E-state index contributed by atoms with van der Waals surface area (Å²) in [6, 6.07) is 0. The van der Waals surface area contributed by atoms with Crippen LogP contribution in [-0.2, 0) is 0 Å². The van der Waals surface area contributed by atoms with Crippen LogP contribution in [0, 0.1) is 17.3 Å². The lowest BCUT2D eigenvalue weighted by molar-refractivity contribution is 0.0307. The SMILES string of the molecule is CC(C)CCC(C)(CCC(C)C)C(C)O. The van der Waals surface area contributed by atoms with Crippen molar-refractivity contribution in [2.24, 2.45) is 17.3 Å². The van der Waals surface area contributed by atoms with Crippen molar-refractivity contribution in [2.75, 3.05) is 0 Å². The summed E-state index contributed by atoms with van der Waals surface area (Å²) in [5, 5.41) is 9.90. The molecule has 1 heteroatoms. The minimum Gasteiger partial charge on any atom is -0.393 e. The van der Waals surface area contributed by atoms with Crippen molar-refractivity contribution in [2.45, 2.75) is 73.3 Å². The third-order valence-corrected chi connectivity index (χ3v) is 3.59. The Morgan fingerprint density at radius 3 is 1.40 bits per heavy atom. The van der Waals surface area contributed by atoms with Crippen LogP contribution in [0.4, 0.5) is 0 Å². The highest BCUT2D eigenvalue weighted by Gasteiger charge is 2.29. The average molecular weight is 214 g/mol. The van der Waals surface area contributed by atoms with Crippen molar-refractivity contribution < 1.29 is 5.11 Å². The maximum absolute atomic E-state index is 9.90. The van der Waals surface area contributed by atoms with Crippen molar-refractivity contribution in [3.05, 3.63) is 0 Å². The zero-order valence-electron chi connectivity index (χ0n) is 11.5. The van der Waals surface area contributed by atoms with E-state index >= 15 is 0 Å². The standard InChI is InChI=1S/C14H30O/c1-11(2)7-9-14(6,13(5)15)10-8-12(3)4/h11-13,15H,7-10H2,1-6H3. The number of hydrogen-bond donors (Lipinski definition) is 1. The fraction of sp³-hybridized carbons (Fsp3) is 1.00. The molecule has 0 radical (unpaired) electrons. The van der Waals surface area contributed by atoms with E-state index < -0.39 is 0 Å². The molecular formula is C14H30O. The van der Waals surface area contributed by atoms with Crippen LogP contribution in [0.5, 0.6) is 0 Å². The Balaban J connectivity index is 4.19. The normalized spacial score (nSPS) is 15.0. The van der Waals surface area contributed by atoms with E-state index in [-0.39, 0.29) is 11.5 Å². The molecule has 0 spiro atoms. The predicted molar refractivity (Wildman–Crippen MR) is 67.9 cm³/mol. The number of aliphatic hydroxyl groups excluding tert-OH is 1. The molecule has 0 amide bonds. The molecule has 1 atom stereocenters. The summed E-state index contributed by atoms with van der Waals surface area (Å²) in [5.74, 6) is 1.48. The van der Waals surface area contributed by atoms with E-state index in [1.807, 2.05) is 6.92 Å². The van der Waals surface area contributed by atoms with E-state index in [1.165, 1.54) is 12.8 Å². The molecule has 92 valence electrons. The highest BCUT2D eigenvalue weighted by molar-refractivity contribution is 4.80. The third kappa shape index (κ3) is 6.19. The van der Waals surface area contributed by atoms with Crippen molar-refractivity contribution >= 4 is 0 Å². The highest BCUT2D eigenvalue weighted by Crippen LogP contribution is 2.35. The Morgan fingerprint density at radius 2 is 1.20 bits per heavy atom. The Hall–Kier alpha value is -0.0400. The van der Waals surface area contributed by atoms with Crippen LogP contribution >= 0.6 is 0 Å². The molecule has 0 saturated carbocycles. The summed E-state index contributed by atoms with van der Waals surface area (Å²) in [7, 11) is 0. The number of rotatable bonds is 7. The molecule has 0 aliphatic rings. The Kier molecular flexibility index (Phi) is 6.51. The largest absolute Gasteiger partial charge is 0.393 e. The maximum Gasteiger partial charge on any atom is 0.0565 e. The minimum atomic E-state index is -0.185. The first-order valence-corrected chi connectivity index (χ1v) is 6.46. The molecule has 0 rings (SSSR count). The topological polar surface area (TPSA) is 20.2 Å². The van der Waals surface area contributed by atoms with Gasteiger partial charge in [0.25, 0.3) is 0 Å². The molecule has 0 bridgehead atoms. The van der Waals surface area contributed by atoms with Crippen molar-refractivity contribution in [1.29, 1.82) is 0 Å². The van der Waals surface area contributed by atoms with Gasteiger partial charge in [-0.2, -0.15) is 0 Å². The molecular weight excluding hydrogens is 184 g/mol. The average Bonchev–Trinajstić information content (AvgIpc) is 2.11. The van der Waals surface area contributed by atoms with Crippen molar-refractivity contribution in [3.8, 4) is 0 Å². The molecule has 0 aliphatic heterocycles. The smallest absolute Gasteiger partial charge is 0.0565 e. The quantitative estimate of drug-likeness (QED) is 0.672. The molecule has 15 heavy (non-hydrogen) atoms. The number of hydrogen-bond acceptors (Lipinski definition) is 1. The summed E-state index contributed by atoms with van der Waals surface area (Å²) < 4.78 is 0. The highest BCUT2D eigenvalue weighted by atomic mass is 16.3. The lowest BCUT2D eigenvalue weighted by atomic mass is 9.74. The minimum absolute atomic E-state index is 0.120. The van der Waals surface area contributed by atoms with Crippen LogP contribution in [-0.4, -0.2) is 11.2 Å². The Morgan fingerprint density at radius 1 is 0.867 bits per heavy atom. The van der Waals surface area contributed by atoms with E-state index in [2.05, 4.69) is 34.6 Å². The molecule has 0 aromatic heterocycles. The fourth-order valence-electron chi connectivity index (χ4n) is 1.78. The predicted octanol–water partition coefficient (Wildman–Crippen LogP) is 4.25. The molecule has 0 aromatic carbocycles. The second-order valence-electron chi connectivity index (χ2n) is 6.20. The maximum atomic E-state index is 9.90. The Bertz CT molecular complexity index is 147. The zero-order chi connectivity index (χ0) is 12.1. The second kappa shape index (κ2) is 6.52. The summed E-state index contributed by atoms with van der Waals surface area (Å²) in [4.78, 5) is 0. The van der Waals surface area contributed by atoms with Gasteiger partial charge in [-0.3, -0.25) is 0 Å². The van der Waals surface area contributed by atoms with Crippen LogP contribution in [0.2, 0.25) is 0 Å². The van der Waals surface area contributed by atoms with Gasteiger partial charge in [-0.05, 0) is 37.0 Å². The van der Waals surface area contributed by atoms with Crippen LogP contribution < -0.4 is 0 Å². The molecule has 0 heterocycles. The Labute approximate surface area is 96.3 Å². The van der Waals surface area contributed by atoms with Crippen LogP contribution in [0.25, 0.3) is 0 Å². The molecule has 1 N–H and O–H groups in total. The lowest BCUT2D eigenvalue weighted by Crippen LogP contribution is -2.30. The zero-order valence-corrected chi connectivity index (χ0v) is 11.5. The van der Waals surface area contributed by atoms with Crippen LogP contribution in [0.15, 0.2) is 0 Å². The molecule has 1 nitrogen and oxygen atoms in total. The summed E-state index contributed by atoms with van der Waals surface area (Å²) >= 11 is 0. The monoisotopic (exact) mass is 214 g/mol. The van der Waals surface area contributed by atoms with E-state index in [9.17, 15) is 5.11 Å². The first-order valence-electron chi connectivity index (χ1n) is 6.46. The van der Waals surface area contributed by atoms with Gasteiger partial charge >= 0.3 is 0 Å². The molecule has 0 aromatic rings. The van der Waals surface area contributed by atoms with E-state index in [0.717, 1.165) is 24.7 Å². The van der Waals surface area contributed by atoms with Crippen molar-refractivity contribution in [1.82, 2.24) is 0 Å². The molecule has 0 saturated heterocycles. The summed E-state index contributed by atoms with van der Waals surface area (Å²) in [6.45, 7) is 13.2. The van der Waals surface area contributed by atoms with Crippen LogP contribution in [0.3, 0.4) is 0 Å². The molecule has 0 fully saturated rings. The summed E-state index contributed by atoms with van der Waals surface area (Å²) in [6.07, 6.45) is 4.55. The van der Waals surface area contributed by atoms with Gasteiger partial charge in [0.05, 0.1) is 6.10 Å². The van der Waals surface area contributed by atoms with E-state index in [0.29, 0.717) is 0 Å². The van der Waals surface area contributed by atoms with Gasteiger partial charge < -0.3 is 5.11 Å². The first-order chi connectivity index (χ1) is 6.78. The van der Waals surface area contributed by atoms with Gasteiger partial charge in [-0.15, -0.1) is 0 Å². The first kappa shape index (κ1) is 15.0. The van der Waals surface area contributed by atoms with Gasteiger partial charge in [-0.1, -0.05) is 47.5 Å². The van der Waals surface area contributed by atoms with E-state index in [4.69, 9.17) is 0 Å². The van der Waals surface area contributed by atoms with Gasteiger partial charge in [0.1, 0.15) is 0 Å².